The van der Waals surface area contributed by atoms with Crippen molar-refractivity contribution >= 4 is 11.9 Å². The number of halogens is 3. The zero-order valence-electron chi connectivity index (χ0n) is 25.2. The van der Waals surface area contributed by atoms with Crippen molar-refractivity contribution in [3.05, 3.63) is 100 Å². The molecular weight excluding hydrogens is 583 g/mol. The minimum absolute atomic E-state index is 0.0715. The van der Waals surface area contributed by atoms with Crippen LogP contribution < -0.4 is 9.64 Å². The van der Waals surface area contributed by atoms with Crippen LogP contribution in [0.25, 0.3) is 11.1 Å². The van der Waals surface area contributed by atoms with Gasteiger partial charge in [0.25, 0.3) is 0 Å². The minimum Gasteiger partial charge on any atom is -0.462 e. The molecule has 45 heavy (non-hydrogen) atoms. The molecule has 1 saturated heterocycles. The van der Waals surface area contributed by atoms with Gasteiger partial charge in [0.1, 0.15) is 11.3 Å². The summed E-state index contributed by atoms with van der Waals surface area (Å²) in [6.07, 6.45) is -2.98. The summed E-state index contributed by atoms with van der Waals surface area (Å²) in [6.45, 7) is 8.34. The Kier molecular flexibility index (Phi) is 9.34. The molecule has 1 aliphatic heterocycles. The second kappa shape index (κ2) is 13.4. The van der Waals surface area contributed by atoms with Crippen molar-refractivity contribution in [3.8, 4) is 28.8 Å². The van der Waals surface area contributed by atoms with Gasteiger partial charge in [-0.1, -0.05) is 30.3 Å². The summed E-state index contributed by atoms with van der Waals surface area (Å²) in [5.41, 5.74) is 4.18. The third-order valence-corrected chi connectivity index (χ3v) is 7.56. The minimum atomic E-state index is -4.38. The lowest BCUT2D eigenvalue weighted by molar-refractivity contribution is -0.137. The monoisotopic (exact) mass is 615 g/mol. The molecule has 4 aromatic rings. The number of nitrogens with zero attached hydrogens (tertiary/aromatic N) is 5. The van der Waals surface area contributed by atoms with E-state index in [-0.39, 0.29) is 18.1 Å². The normalized spacial score (nSPS) is 13.8. The quantitative estimate of drug-likeness (QED) is 0.197. The topological polar surface area (TPSA) is 91.6 Å². The van der Waals surface area contributed by atoms with Gasteiger partial charge in [0.05, 0.1) is 30.0 Å². The fourth-order valence-electron chi connectivity index (χ4n) is 5.26. The number of hydrogen-bond acceptors (Lipinski definition) is 8. The van der Waals surface area contributed by atoms with Gasteiger partial charge in [-0.15, -0.1) is 0 Å². The molecular formula is C34H32F3N5O3. The summed E-state index contributed by atoms with van der Waals surface area (Å²) in [4.78, 5) is 25.9. The number of rotatable bonds is 8. The van der Waals surface area contributed by atoms with E-state index in [0.29, 0.717) is 55.5 Å². The van der Waals surface area contributed by atoms with Crippen LogP contribution in [0.2, 0.25) is 0 Å². The molecule has 0 aliphatic carbocycles. The first-order chi connectivity index (χ1) is 21.5. The molecule has 232 valence electrons. The summed E-state index contributed by atoms with van der Waals surface area (Å²) in [7, 11) is 0. The summed E-state index contributed by atoms with van der Waals surface area (Å²) in [6, 6.07) is 18.8. The third-order valence-electron chi connectivity index (χ3n) is 7.56. The molecule has 0 unspecified atom stereocenters. The van der Waals surface area contributed by atoms with Crippen molar-refractivity contribution in [3.63, 3.8) is 0 Å². The average Bonchev–Trinajstić information content (AvgIpc) is 3.03. The Hall–Kier alpha value is -4.95. The molecule has 0 radical (unpaired) electrons. The highest BCUT2D eigenvalue weighted by Gasteiger charge is 2.31. The van der Waals surface area contributed by atoms with E-state index in [1.807, 2.05) is 43.0 Å². The molecule has 0 atom stereocenters. The van der Waals surface area contributed by atoms with E-state index in [2.05, 4.69) is 20.9 Å². The van der Waals surface area contributed by atoms with Gasteiger partial charge >= 0.3 is 12.1 Å². The molecule has 0 amide bonds. The van der Waals surface area contributed by atoms with Crippen molar-refractivity contribution in [2.75, 3.05) is 37.7 Å². The number of hydrogen-bond donors (Lipinski definition) is 0. The first-order valence-corrected chi connectivity index (χ1v) is 14.5. The van der Waals surface area contributed by atoms with E-state index in [9.17, 15) is 18.0 Å². The van der Waals surface area contributed by atoms with Crippen molar-refractivity contribution in [2.45, 2.75) is 33.5 Å². The Labute approximate surface area is 259 Å². The third kappa shape index (κ3) is 7.41. The van der Waals surface area contributed by atoms with Crippen LogP contribution in [0.15, 0.2) is 66.9 Å². The number of carbonyl (C=O) groups excluding carboxylic acids is 1. The number of piperazine rings is 1. The molecule has 0 saturated carbocycles. The number of nitriles is 1. The van der Waals surface area contributed by atoms with Crippen molar-refractivity contribution in [2.24, 2.45) is 0 Å². The van der Waals surface area contributed by atoms with Crippen LogP contribution in [0.5, 0.6) is 11.6 Å². The number of alkyl halides is 3. The van der Waals surface area contributed by atoms with Gasteiger partial charge in [-0.2, -0.15) is 23.4 Å². The molecule has 0 N–H and O–H groups in total. The van der Waals surface area contributed by atoms with Crippen molar-refractivity contribution in [1.82, 2.24) is 14.9 Å². The predicted octanol–water partition coefficient (Wildman–Crippen LogP) is 6.94. The second-order valence-electron chi connectivity index (χ2n) is 10.8. The lowest BCUT2D eigenvalue weighted by Gasteiger charge is -2.35. The Bertz CT molecular complexity index is 1700. The summed E-state index contributed by atoms with van der Waals surface area (Å²) < 4.78 is 51.0. The standard InChI is InChI=1S/C34H32F3N5O3/c1-4-44-32(43)29-20-39-33(42-14-12-41(13-15-42)21-25-6-5-7-28(18-25)34(35,36)37)40-31(29)45-30-22(2)16-27(17-23(30)3)26-10-8-24(19-38)9-11-26/h5-11,16-18,20H,4,12-15,21H2,1-3H3. The van der Waals surface area contributed by atoms with E-state index in [1.165, 1.54) is 18.3 Å². The van der Waals surface area contributed by atoms with Crippen molar-refractivity contribution in [1.29, 1.82) is 5.26 Å². The Morgan fingerprint density at radius 3 is 2.29 bits per heavy atom. The fourth-order valence-corrected chi connectivity index (χ4v) is 5.26. The van der Waals surface area contributed by atoms with Crippen LogP contribution in [-0.2, 0) is 17.5 Å². The van der Waals surface area contributed by atoms with Crippen LogP contribution in [0.3, 0.4) is 0 Å². The lowest BCUT2D eigenvalue weighted by Crippen LogP contribution is -2.46. The summed E-state index contributed by atoms with van der Waals surface area (Å²) in [5, 5.41) is 9.11. The first kappa shape index (κ1) is 31.5. The zero-order valence-corrected chi connectivity index (χ0v) is 25.2. The smallest absolute Gasteiger partial charge is 0.416 e. The highest BCUT2D eigenvalue weighted by atomic mass is 19.4. The Morgan fingerprint density at radius 2 is 1.67 bits per heavy atom. The van der Waals surface area contributed by atoms with Crippen LogP contribution in [-0.4, -0.2) is 53.6 Å². The van der Waals surface area contributed by atoms with Crippen molar-refractivity contribution < 1.29 is 27.4 Å². The molecule has 8 nitrogen and oxygen atoms in total. The Morgan fingerprint density at radius 1 is 0.978 bits per heavy atom. The van der Waals surface area contributed by atoms with Crippen LogP contribution >= 0.6 is 0 Å². The number of aromatic nitrogens is 2. The SMILES string of the molecule is CCOC(=O)c1cnc(N2CCN(Cc3cccc(C(F)(F)F)c3)CC2)nc1Oc1c(C)cc(-c2ccc(C#N)cc2)cc1C. The Balaban J connectivity index is 1.35. The number of aryl methyl sites for hydroxylation is 2. The predicted molar refractivity (Wildman–Crippen MR) is 163 cm³/mol. The molecule has 11 heteroatoms. The molecule has 2 heterocycles. The number of benzene rings is 3. The van der Waals surface area contributed by atoms with E-state index < -0.39 is 17.7 Å². The number of esters is 1. The lowest BCUT2D eigenvalue weighted by atomic mass is 9.99. The molecule has 3 aromatic carbocycles. The summed E-state index contributed by atoms with van der Waals surface area (Å²) in [5.74, 6) is 0.395. The van der Waals surface area contributed by atoms with Gasteiger partial charge in [0, 0.05) is 32.7 Å². The zero-order chi connectivity index (χ0) is 32.1. The maximum atomic E-state index is 13.2. The molecule has 5 rings (SSSR count). The maximum Gasteiger partial charge on any atom is 0.416 e. The highest BCUT2D eigenvalue weighted by molar-refractivity contribution is 5.91. The maximum absolute atomic E-state index is 13.2. The van der Waals surface area contributed by atoms with E-state index in [4.69, 9.17) is 14.7 Å². The molecule has 1 aliphatic rings. The van der Waals surface area contributed by atoms with Gasteiger partial charge in [-0.05, 0) is 78.9 Å². The van der Waals surface area contributed by atoms with E-state index >= 15 is 0 Å². The number of anilines is 1. The molecule has 0 bridgehead atoms. The van der Waals surface area contributed by atoms with Gasteiger partial charge in [-0.25, -0.2) is 9.78 Å². The van der Waals surface area contributed by atoms with E-state index in [0.717, 1.165) is 28.3 Å². The number of carbonyl (C=O) groups is 1. The van der Waals surface area contributed by atoms with Crippen LogP contribution in [0.1, 0.15) is 45.1 Å². The summed E-state index contributed by atoms with van der Waals surface area (Å²) >= 11 is 0. The van der Waals surface area contributed by atoms with Crippen LogP contribution in [0.4, 0.5) is 19.1 Å². The largest absolute Gasteiger partial charge is 0.462 e. The molecule has 1 fully saturated rings. The van der Waals surface area contributed by atoms with Crippen LogP contribution in [0, 0.1) is 25.2 Å². The first-order valence-electron chi connectivity index (χ1n) is 14.5. The fraction of sp³-hybridized carbons (Fsp3) is 0.294. The average molecular weight is 616 g/mol. The molecule has 0 spiro atoms. The van der Waals surface area contributed by atoms with Gasteiger partial charge < -0.3 is 14.4 Å². The van der Waals surface area contributed by atoms with Gasteiger partial charge in [0.15, 0.2) is 0 Å². The molecule has 1 aromatic heterocycles. The number of ether oxygens (including phenoxy) is 2. The second-order valence-corrected chi connectivity index (χ2v) is 10.8. The van der Waals surface area contributed by atoms with E-state index in [1.54, 1.807) is 25.1 Å². The van der Waals surface area contributed by atoms with Gasteiger partial charge in [0.2, 0.25) is 11.8 Å². The highest BCUT2D eigenvalue weighted by Crippen LogP contribution is 2.35. The van der Waals surface area contributed by atoms with Gasteiger partial charge in [-0.3, -0.25) is 4.90 Å².